The standard InChI is InChI=1S/C19H21FN2O4S/c1-13-4-5-15(9-17(13)20)27(24,25)22-7-6-19(12-22)10-16(19)18(23)21-11-14-3-2-8-26-14/h2-5,8-9,16H,6-7,10-12H2,1H3,(H,21,23). The van der Waals surface area contributed by atoms with Crippen LogP contribution in [-0.2, 0) is 21.4 Å². The first-order valence-electron chi connectivity index (χ1n) is 8.88. The highest BCUT2D eigenvalue weighted by molar-refractivity contribution is 7.89. The molecule has 1 N–H and O–H groups in total. The van der Waals surface area contributed by atoms with Crippen LogP contribution in [0.25, 0.3) is 0 Å². The van der Waals surface area contributed by atoms with Gasteiger partial charge in [0.2, 0.25) is 15.9 Å². The van der Waals surface area contributed by atoms with Crippen molar-refractivity contribution in [3.63, 3.8) is 0 Å². The Kier molecular flexibility index (Phi) is 4.35. The minimum atomic E-state index is -3.76. The number of sulfonamides is 1. The van der Waals surface area contributed by atoms with Crippen LogP contribution in [0, 0.1) is 24.1 Å². The second kappa shape index (κ2) is 6.45. The van der Waals surface area contributed by atoms with Gasteiger partial charge in [0.1, 0.15) is 11.6 Å². The summed E-state index contributed by atoms with van der Waals surface area (Å²) in [5.74, 6) is -0.129. The Labute approximate surface area is 157 Å². The molecule has 1 saturated heterocycles. The van der Waals surface area contributed by atoms with Gasteiger partial charge in [0.05, 0.1) is 17.7 Å². The molecule has 1 aromatic carbocycles. The summed E-state index contributed by atoms with van der Waals surface area (Å²) in [4.78, 5) is 12.4. The summed E-state index contributed by atoms with van der Waals surface area (Å²) < 4.78 is 46.0. The number of benzene rings is 1. The van der Waals surface area contributed by atoms with E-state index in [1.54, 1.807) is 25.3 Å². The monoisotopic (exact) mass is 392 g/mol. The van der Waals surface area contributed by atoms with Crippen molar-refractivity contribution < 1.29 is 22.0 Å². The SMILES string of the molecule is Cc1ccc(S(=O)(=O)N2CCC3(CC3C(=O)NCc3ccco3)C2)cc1F. The van der Waals surface area contributed by atoms with E-state index in [4.69, 9.17) is 4.42 Å². The average molecular weight is 392 g/mol. The number of hydrogen-bond donors (Lipinski definition) is 1. The van der Waals surface area contributed by atoms with Gasteiger partial charge in [-0.05, 0) is 55.0 Å². The molecule has 2 aromatic rings. The van der Waals surface area contributed by atoms with Crippen molar-refractivity contribution in [1.29, 1.82) is 0 Å². The molecule has 2 heterocycles. The molecule has 8 heteroatoms. The van der Waals surface area contributed by atoms with Gasteiger partial charge in [-0.15, -0.1) is 0 Å². The fourth-order valence-corrected chi connectivity index (χ4v) is 5.37. The van der Waals surface area contributed by atoms with E-state index in [-0.39, 0.29) is 22.1 Å². The zero-order valence-corrected chi connectivity index (χ0v) is 15.8. The molecule has 2 fully saturated rings. The smallest absolute Gasteiger partial charge is 0.243 e. The van der Waals surface area contributed by atoms with Crippen molar-refractivity contribution in [3.8, 4) is 0 Å². The lowest BCUT2D eigenvalue weighted by Gasteiger charge is -2.17. The van der Waals surface area contributed by atoms with Gasteiger partial charge in [0, 0.05) is 19.0 Å². The van der Waals surface area contributed by atoms with Crippen LogP contribution in [0.4, 0.5) is 4.39 Å². The average Bonchev–Trinajstić information content (AvgIpc) is 2.99. The second-order valence-corrected chi connectivity index (χ2v) is 9.35. The van der Waals surface area contributed by atoms with E-state index in [1.165, 1.54) is 16.4 Å². The molecular weight excluding hydrogens is 371 g/mol. The van der Waals surface area contributed by atoms with Crippen molar-refractivity contribution >= 4 is 15.9 Å². The van der Waals surface area contributed by atoms with Crippen molar-refractivity contribution in [1.82, 2.24) is 9.62 Å². The summed E-state index contributed by atoms with van der Waals surface area (Å²) in [7, 11) is -3.76. The molecule has 144 valence electrons. The summed E-state index contributed by atoms with van der Waals surface area (Å²) in [5, 5.41) is 2.85. The number of nitrogens with one attached hydrogen (secondary N) is 1. The van der Waals surface area contributed by atoms with Crippen molar-refractivity contribution in [2.45, 2.75) is 31.2 Å². The molecule has 1 spiro atoms. The highest BCUT2D eigenvalue weighted by Crippen LogP contribution is 2.59. The van der Waals surface area contributed by atoms with Gasteiger partial charge >= 0.3 is 0 Å². The summed E-state index contributed by atoms with van der Waals surface area (Å²) in [5.41, 5.74) is 0.103. The highest BCUT2D eigenvalue weighted by atomic mass is 32.2. The van der Waals surface area contributed by atoms with Gasteiger partial charge in [-0.1, -0.05) is 6.07 Å². The number of hydrogen-bond acceptors (Lipinski definition) is 4. The van der Waals surface area contributed by atoms with E-state index >= 15 is 0 Å². The third kappa shape index (κ3) is 3.27. The topological polar surface area (TPSA) is 79.6 Å². The lowest BCUT2D eigenvalue weighted by molar-refractivity contribution is -0.123. The first-order valence-corrected chi connectivity index (χ1v) is 10.3. The van der Waals surface area contributed by atoms with E-state index in [9.17, 15) is 17.6 Å². The minimum absolute atomic E-state index is 0.0397. The van der Waals surface area contributed by atoms with Crippen LogP contribution in [0.3, 0.4) is 0 Å². The first kappa shape index (κ1) is 18.2. The fourth-order valence-electron chi connectivity index (χ4n) is 3.82. The molecule has 0 bridgehead atoms. The van der Waals surface area contributed by atoms with Crippen molar-refractivity contribution in [2.75, 3.05) is 13.1 Å². The third-order valence-corrected chi connectivity index (χ3v) is 7.50. The van der Waals surface area contributed by atoms with E-state index in [0.29, 0.717) is 43.8 Å². The summed E-state index contributed by atoms with van der Waals surface area (Å²) in [6, 6.07) is 7.51. The van der Waals surface area contributed by atoms with E-state index < -0.39 is 15.8 Å². The number of carbonyl (C=O) groups is 1. The Morgan fingerprint density at radius 2 is 2.22 bits per heavy atom. The minimum Gasteiger partial charge on any atom is -0.467 e. The zero-order valence-electron chi connectivity index (χ0n) is 14.9. The van der Waals surface area contributed by atoms with Crippen LogP contribution >= 0.6 is 0 Å². The van der Waals surface area contributed by atoms with Crippen LogP contribution in [-0.4, -0.2) is 31.7 Å². The summed E-state index contributed by atoms with van der Waals surface area (Å²) in [6.45, 7) is 2.55. The molecule has 1 amide bonds. The molecule has 1 saturated carbocycles. The molecule has 1 aliphatic carbocycles. The number of halogens is 1. The van der Waals surface area contributed by atoms with Crippen LogP contribution in [0.15, 0.2) is 45.9 Å². The molecule has 4 rings (SSSR count). The zero-order chi connectivity index (χ0) is 19.2. The van der Waals surface area contributed by atoms with Gasteiger partial charge in [-0.3, -0.25) is 4.79 Å². The predicted octanol–water partition coefficient (Wildman–Crippen LogP) is 2.44. The first-order chi connectivity index (χ1) is 12.8. The quantitative estimate of drug-likeness (QED) is 0.848. The molecule has 2 aliphatic rings. The molecule has 6 nitrogen and oxygen atoms in total. The number of aryl methyl sites for hydroxylation is 1. The lowest BCUT2D eigenvalue weighted by Crippen LogP contribution is -2.31. The molecule has 0 radical (unpaired) electrons. The Morgan fingerprint density at radius 3 is 2.93 bits per heavy atom. The van der Waals surface area contributed by atoms with Crippen LogP contribution < -0.4 is 5.32 Å². The predicted molar refractivity (Wildman–Crippen MR) is 95.6 cm³/mol. The number of rotatable bonds is 5. The molecule has 2 atom stereocenters. The lowest BCUT2D eigenvalue weighted by atomic mass is 10.0. The Balaban J connectivity index is 1.41. The number of carbonyl (C=O) groups excluding carboxylic acids is 1. The maximum absolute atomic E-state index is 13.8. The maximum Gasteiger partial charge on any atom is 0.243 e. The third-order valence-electron chi connectivity index (χ3n) is 5.65. The van der Waals surface area contributed by atoms with Gasteiger partial charge in [-0.25, -0.2) is 12.8 Å². The Hall–Kier alpha value is -2.19. The number of nitrogens with zero attached hydrogens (tertiary/aromatic N) is 1. The molecule has 27 heavy (non-hydrogen) atoms. The molecule has 2 unspecified atom stereocenters. The van der Waals surface area contributed by atoms with Crippen molar-refractivity contribution in [2.24, 2.45) is 11.3 Å². The van der Waals surface area contributed by atoms with Crippen LogP contribution in [0.5, 0.6) is 0 Å². The van der Waals surface area contributed by atoms with Gasteiger partial charge in [0.15, 0.2) is 0 Å². The summed E-state index contributed by atoms with van der Waals surface area (Å²) in [6.07, 6.45) is 2.86. The molecular formula is C19H21FN2O4S. The fraction of sp³-hybridized carbons (Fsp3) is 0.421. The van der Waals surface area contributed by atoms with Gasteiger partial charge in [0.25, 0.3) is 0 Å². The van der Waals surface area contributed by atoms with Gasteiger partial charge < -0.3 is 9.73 Å². The largest absolute Gasteiger partial charge is 0.467 e. The van der Waals surface area contributed by atoms with E-state index in [1.807, 2.05) is 0 Å². The number of amides is 1. The maximum atomic E-state index is 13.8. The summed E-state index contributed by atoms with van der Waals surface area (Å²) >= 11 is 0. The van der Waals surface area contributed by atoms with E-state index in [2.05, 4.69) is 5.32 Å². The van der Waals surface area contributed by atoms with Crippen molar-refractivity contribution in [3.05, 3.63) is 53.7 Å². The normalized spacial score (nSPS) is 25.0. The number of furan rings is 1. The van der Waals surface area contributed by atoms with Crippen LogP contribution in [0.1, 0.15) is 24.2 Å². The molecule has 1 aromatic heterocycles. The Morgan fingerprint density at radius 1 is 1.41 bits per heavy atom. The second-order valence-electron chi connectivity index (χ2n) is 7.42. The van der Waals surface area contributed by atoms with Crippen LogP contribution in [0.2, 0.25) is 0 Å². The highest BCUT2D eigenvalue weighted by Gasteiger charge is 2.62. The molecule has 1 aliphatic heterocycles. The van der Waals surface area contributed by atoms with E-state index in [0.717, 1.165) is 6.07 Å². The Bertz CT molecular complexity index is 974. The van der Waals surface area contributed by atoms with Gasteiger partial charge in [-0.2, -0.15) is 4.31 Å².